The van der Waals surface area contributed by atoms with E-state index in [0.717, 1.165) is 4.90 Å². The largest absolute Gasteiger partial charge is 0.353 e. The summed E-state index contributed by atoms with van der Waals surface area (Å²) in [5.74, 6) is -1.14. The molecule has 0 aromatic heterocycles. The van der Waals surface area contributed by atoms with Crippen LogP contribution in [0.15, 0.2) is 22.7 Å². The van der Waals surface area contributed by atoms with Crippen LogP contribution < -0.4 is 5.32 Å². The van der Waals surface area contributed by atoms with Crippen molar-refractivity contribution >= 4 is 39.6 Å². The summed E-state index contributed by atoms with van der Waals surface area (Å²) in [7, 11) is 0. The molecule has 0 saturated carbocycles. The third-order valence-electron chi connectivity index (χ3n) is 5.09. The van der Waals surface area contributed by atoms with Gasteiger partial charge in [-0.05, 0) is 31.0 Å². The summed E-state index contributed by atoms with van der Waals surface area (Å²) in [5, 5.41) is 3.02. The Bertz CT molecular complexity index is 838. The molecule has 1 saturated heterocycles. The second kappa shape index (κ2) is 7.66. The lowest BCUT2D eigenvalue weighted by molar-refractivity contribution is -0.133. The van der Waals surface area contributed by atoms with Gasteiger partial charge in [0, 0.05) is 29.0 Å². The number of nitrogens with zero attached hydrogens (tertiary/aromatic N) is 2. The summed E-state index contributed by atoms with van der Waals surface area (Å²) in [5.41, 5.74) is 0.188. The molecule has 1 N–H and O–H groups in total. The van der Waals surface area contributed by atoms with Gasteiger partial charge in [-0.25, -0.2) is 0 Å². The van der Waals surface area contributed by atoms with E-state index in [-0.39, 0.29) is 24.4 Å². The van der Waals surface area contributed by atoms with Crippen molar-refractivity contribution in [2.24, 2.45) is 5.41 Å². The van der Waals surface area contributed by atoms with Crippen molar-refractivity contribution in [3.05, 3.63) is 33.8 Å². The number of benzene rings is 1. The third-order valence-corrected chi connectivity index (χ3v) is 5.58. The van der Waals surface area contributed by atoms with Gasteiger partial charge in [0.05, 0.1) is 11.1 Å². The fourth-order valence-corrected chi connectivity index (χ4v) is 3.68. The smallest absolute Gasteiger partial charge is 0.262 e. The molecule has 1 aromatic rings. The molecule has 1 aromatic carbocycles. The lowest BCUT2D eigenvalue weighted by Crippen LogP contribution is -2.51. The standard InChI is InChI=1S/C20H24BrN3O4/c1-20(2,3)19(28)22-13-6-8-23(9-7-13)16(25)11-24-17(26)14-5-4-12(21)10-15(14)18(24)27/h4-5,10,13H,6-9,11H2,1-3H3,(H,22,28). The highest BCUT2D eigenvalue weighted by Gasteiger charge is 2.38. The summed E-state index contributed by atoms with van der Waals surface area (Å²) in [6, 6.07) is 4.93. The Balaban J connectivity index is 1.56. The van der Waals surface area contributed by atoms with Crippen LogP contribution in [0.1, 0.15) is 54.3 Å². The van der Waals surface area contributed by atoms with Gasteiger partial charge in [0.25, 0.3) is 11.8 Å². The van der Waals surface area contributed by atoms with Crippen LogP contribution in [0.5, 0.6) is 0 Å². The van der Waals surface area contributed by atoms with Gasteiger partial charge in [0.2, 0.25) is 11.8 Å². The number of piperidine rings is 1. The van der Waals surface area contributed by atoms with E-state index in [1.54, 1.807) is 23.1 Å². The Labute approximate surface area is 172 Å². The number of carbonyl (C=O) groups is 4. The van der Waals surface area contributed by atoms with Crippen molar-refractivity contribution in [2.75, 3.05) is 19.6 Å². The van der Waals surface area contributed by atoms with Gasteiger partial charge in [-0.1, -0.05) is 36.7 Å². The third kappa shape index (κ3) is 4.11. The Kier molecular flexibility index (Phi) is 5.61. The molecule has 2 heterocycles. The number of likely N-dealkylation sites (tertiary alicyclic amines) is 1. The number of imide groups is 1. The minimum atomic E-state index is -0.451. The number of halogens is 1. The predicted molar refractivity (Wildman–Crippen MR) is 107 cm³/mol. The summed E-state index contributed by atoms with van der Waals surface area (Å²) in [4.78, 5) is 52.4. The lowest BCUT2D eigenvalue weighted by Gasteiger charge is -2.34. The average molecular weight is 450 g/mol. The number of hydrogen-bond donors (Lipinski definition) is 1. The highest BCUT2D eigenvalue weighted by molar-refractivity contribution is 9.10. The number of carbonyl (C=O) groups excluding carboxylic acids is 4. The molecule has 0 bridgehead atoms. The van der Waals surface area contributed by atoms with Crippen LogP contribution in [0.2, 0.25) is 0 Å². The fraction of sp³-hybridized carbons (Fsp3) is 0.500. The van der Waals surface area contributed by atoms with Crippen LogP contribution in [0, 0.1) is 5.41 Å². The normalized spacial score (nSPS) is 17.7. The predicted octanol–water partition coefficient (Wildman–Crippen LogP) is 2.20. The highest BCUT2D eigenvalue weighted by Crippen LogP contribution is 2.26. The van der Waals surface area contributed by atoms with E-state index in [4.69, 9.17) is 0 Å². The molecule has 0 unspecified atom stereocenters. The maximum Gasteiger partial charge on any atom is 0.262 e. The monoisotopic (exact) mass is 449 g/mol. The fourth-order valence-electron chi connectivity index (χ4n) is 3.32. The molecule has 2 aliphatic heterocycles. The topological polar surface area (TPSA) is 86.8 Å². The van der Waals surface area contributed by atoms with Gasteiger partial charge in [-0.2, -0.15) is 0 Å². The van der Waals surface area contributed by atoms with E-state index in [9.17, 15) is 19.2 Å². The van der Waals surface area contributed by atoms with Gasteiger partial charge >= 0.3 is 0 Å². The van der Waals surface area contributed by atoms with Crippen molar-refractivity contribution < 1.29 is 19.2 Å². The second-order valence-electron chi connectivity index (χ2n) is 8.26. The van der Waals surface area contributed by atoms with Crippen LogP contribution in [-0.2, 0) is 9.59 Å². The minimum absolute atomic E-state index is 0.00513. The second-order valence-corrected chi connectivity index (χ2v) is 9.18. The van der Waals surface area contributed by atoms with Gasteiger partial charge in [-0.3, -0.25) is 24.1 Å². The van der Waals surface area contributed by atoms with Crippen molar-refractivity contribution in [1.29, 1.82) is 0 Å². The molecule has 7 nitrogen and oxygen atoms in total. The first-order chi connectivity index (χ1) is 13.1. The zero-order chi connectivity index (χ0) is 20.6. The van der Waals surface area contributed by atoms with Gasteiger partial charge in [0.15, 0.2) is 0 Å². The Hall–Kier alpha value is -2.22. The summed E-state index contributed by atoms with van der Waals surface area (Å²) in [6.45, 7) is 6.30. The zero-order valence-corrected chi connectivity index (χ0v) is 17.8. The van der Waals surface area contributed by atoms with Gasteiger partial charge in [0.1, 0.15) is 6.54 Å². The minimum Gasteiger partial charge on any atom is -0.353 e. The van der Waals surface area contributed by atoms with E-state index in [0.29, 0.717) is 41.5 Å². The molecule has 150 valence electrons. The number of nitrogens with one attached hydrogen (secondary N) is 1. The van der Waals surface area contributed by atoms with Gasteiger partial charge in [-0.15, -0.1) is 0 Å². The molecule has 0 radical (unpaired) electrons. The molecular formula is C20H24BrN3O4. The molecule has 0 aliphatic carbocycles. The number of amides is 4. The molecule has 2 aliphatic rings. The number of rotatable bonds is 3. The Morgan fingerprint density at radius 1 is 1.11 bits per heavy atom. The highest BCUT2D eigenvalue weighted by atomic mass is 79.9. The SMILES string of the molecule is CC(C)(C)C(=O)NC1CCN(C(=O)CN2C(=O)c3ccc(Br)cc3C2=O)CC1. The first-order valence-electron chi connectivity index (χ1n) is 9.32. The van der Waals surface area contributed by atoms with Crippen LogP contribution >= 0.6 is 15.9 Å². The van der Waals surface area contributed by atoms with Crippen LogP contribution in [0.25, 0.3) is 0 Å². The summed E-state index contributed by atoms with van der Waals surface area (Å²) >= 11 is 3.29. The van der Waals surface area contributed by atoms with E-state index in [1.165, 1.54) is 0 Å². The van der Waals surface area contributed by atoms with Crippen LogP contribution in [0.4, 0.5) is 0 Å². The Morgan fingerprint density at radius 3 is 2.32 bits per heavy atom. The van der Waals surface area contributed by atoms with E-state index in [1.807, 2.05) is 20.8 Å². The Morgan fingerprint density at radius 2 is 1.71 bits per heavy atom. The first kappa shape index (κ1) is 20.5. The molecule has 1 fully saturated rings. The first-order valence-corrected chi connectivity index (χ1v) is 10.1. The van der Waals surface area contributed by atoms with Crippen molar-refractivity contribution in [1.82, 2.24) is 15.1 Å². The van der Waals surface area contributed by atoms with Crippen LogP contribution in [0.3, 0.4) is 0 Å². The number of hydrogen-bond acceptors (Lipinski definition) is 4. The van der Waals surface area contributed by atoms with Crippen LogP contribution in [-0.4, -0.2) is 59.1 Å². The van der Waals surface area contributed by atoms with Gasteiger partial charge < -0.3 is 10.2 Å². The maximum atomic E-state index is 12.6. The molecule has 0 atom stereocenters. The molecule has 28 heavy (non-hydrogen) atoms. The number of fused-ring (bicyclic) bond motifs is 1. The molecule has 8 heteroatoms. The molecule has 3 rings (SSSR count). The van der Waals surface area contributed by atoms with E-state index < -0.39 is 17.2 Å². The molecular weight excluding hydrogens is 426 g/mol. The summed E-state index contributed by atoms with van der Waals surface area (Å²) in [6.07, 6.45) is 1.31. The lowest BCUT2D eigenvalue weighted by atomic mass is 9.94. The van der Waals surface area contributed by atoms with Crippen molar-refractivity contribution in [3.63, 3.8) is 0 Å². The summed E-state index contributed by atoms with van der Waals surface area (Å²) < 4.78 is 0.708. The van der Waals surface area contributed by atoms with Crippen molar-refractivity contribution in [3.8, 4) is 0 Å². The van der Waals surface area contributed by atoms with Crippen molar-refractivity contribution in [2.45, 2.75) is 39.7 Å². The molecule has 0 spiro atoms. The average Bonchev–Trinajstić information content (AvgIpc) is 2.86. The zero-order valence-electron chi connectivity index (χ0n) is 16.3. The quantitative estimate of drug-likeness (QED) is 0.716. The van der Waals surface area contributed by atoms with E-state index in [2.05, 4.69) is 21.2 Å². The molecule has 4 amide bonds. The maximum absolute atomic E-state index is 12.6. The van der Waals surface area contributed by atoms with E-state index >= 15 is 0 Å².